The lowest BCUT2D eigenvalue weighted by Crippen LogP contribution is -2.17. The van der Waals surface area contributed by atoms with E-state index in [1.807, 2.05) is 47.5 Å². The van der Waals surface area contributed by atoms with Crippen molar-refractivity contribution in [2.45, 2.75) is 13.1 Å². The van der Waals surface area contributed by atoms with Gasteiger partial charge in [-0.15, -0.1) is 0 Å². The average molecular weight is 346 g/mol. The molecule has 4 nitrogen and oxygen atoms in total. The molecule has 0 saturated heterocycles. The summed E-state index contributed by atoms with van der Waals surface area (Å²) in [5.41, 5.74) is 3.26. The molecule has 0 radical (unpaired) electrons. The van der Waals surface area contributed by atoms with Crippen LogP contribution in [0.1, 0.15) is 16.7 Å². The first-order chi connectivity index (χ1) is 12.7. The number of ether oxygens (including phenoxy) is 1. The van der Waals surface area contributed by atoms with Crippen molar-refractivity contribution < 1.29 is 9.84 Å². The number of hydrazone groups is 1. The summed E-state index contributed by atoms with van der Waals surface area (Å²) in [6, 6.07) is 25.7. The zero-order chi connectivity index (χ0) is 18.2. The SMILES string of the molecule is COc1cc(C=NN(Cc2ccccc2)Cc2ccccc2)ccc1O. The Morgan fingerprint density at radius 1 is 0.885 bits per heavy atom. The van der Waals surface area contributed by atoms with Crippen LogP contribution in [-0.2, 0) is 13.1 Å². The number of methoxy groups -OCH3 is 1. The number of benzene rings is 3. The van der Waals surface area contributed by atoms with Gasteiger partial charge in [0.15, 0.2) is 11.5 Å². The minimum Gasteiger partial charge on any atom is -0.504 e. The lowest BCUT2D eigenvalue weighted by molar-refractivity contribution is 0.272. The van der Waals surface area contributed by atoms with Gasteiger partial charge in [0.05, 0.1) is 26.4 Å². The molecule has 3 aromatic carbocycles. The van der Waals surface area contributed by atoms with Crippen molar-refractivity contribution in [2.75, 3.05) is 7.11 Å². The Balaban J connectivity index is 1.80. The van der Waals surface area contributed by atoms with Gasteiger partial charge in [-0.05, 0) is 34.9 Å². The van der Waals surface area contributed by atoms with Crippen LogP contribution in [0.15, 0.2) is 84.0 Å². The predicted molar refractivity (Wildman–Crippen MR) is 104 cm³/mol. The van der Waals surface area contributed by atoms with E-state index in [9.17, 15) is 5.11 Å². The highest BCUT2D eigenvalue weighted by Crippen LogP contribution is 2.25. The van der Waals surface area contributed by atoms with Crippen molar-refractivity contribution in [3.63, 3.8) is 0 Å². The molecule has 4 heteroatoms. The van der Waals surface area contributed by atoms with Crippen LogP contribution in [0.25, 0.3) is 0 Å². The molecular weight excluding hydrogens is 324 g/mol. The number of phenols is 1. The average Bonchev–Trinajstić information content (AvgIpc) is 2.69. The Bertz CT molecular complexity index is 807. The van der Waals surface area contributed by atoms with E-state index in [-0.39, 0.29) is 5.75 Å². The molecule has 0 aliphatic carbocycles. The summed E-state index contributed by atoms with van der Waals surface area (Å²) in [4.78, 5) is 0. The molecule has 3 aromatic rings. The number of hydrogen-bond donors (Lipinski definition) is 1. The maximum atomic E-state index is 9.72. The summed E-state index contributed by atoms with van der Waals surface area (Å²) in [7, 11) is 1.53. The molecule has 0 bridgehead atoms. The molecule has 0 aromatic heterocycles. The maximum absolute atomic E-state index is 9.72. The Kier molecular flexibility index (Phi) is 5.88. The first kappa shape index (κ1) is 17.5. The minimum atomic E-state index is 0.120. The van der Waals surface area contributed by atoms with E-state index in [0.29, 0.717) is 18.8 Å². The second-order valence-corrected chi connectivity index (χ2v) is 5.97. The molecule has 0 aliphatic rings. The van der Waals surface area contributed by atoms with Gasteiger partial charge in [-0.2, -0.15) is 5.10 Å². The third kappa shape index (κ3) is 4.86. The molecule has 0 amide bonds. The van der Waals surface area contributed by atoms with Crippen molar-refractivity contribution in [3.05, 3.63) is 95.6 Å². The molecular formula is C22H22N2O2. The van der Waals surface area contributed by atoms with E-state index < -0.39 is 0 Å². The van der Waals surface area contributed by atoms with Crippen LogP contribution in [0, 0.1) is 0 Å². The van der Waals surface area contributed by atoms with Crippen molar-refractivity contribution >= 4 is 6.21 Å². The van der Waals surface area contributed by atoms with E-state index >= 15 is 0 Å². The van der Waals surface area contributed by atoms with Gasteiger partial charge in [0.2, 0.25) is 0 Å². The first-order valence-electron chi connectivity index (χ1n) is 8.48. The van der Waals surface area contributed by atoms with E-state index in [0.717, 1.165) is 5.56 Å². The number of aromatic hydroxyl groups is 1. The molecule has 0 saturated carbocycles. The fourth-order valence-corrected chi connectivity index (χ4v) is 2.65. The second-order valence-electron chi connectivity index (χ2n) is 5.97. The lowest BCUT2D eigenvalue weighted by Gasteiger charge is -2.19. The summed E-state index contributed by atoms with van der Waals surface area (Å²) >= 11 is 0. The van der Waals surface area contributed by atoms with Gasteiger partial charge in [-0.1, -0.05) is 60.7 Å². The Morgan fingerprint density at radius 3 is 2.00 bits per heavy atom. The van der Waals surface area contributed by atoms with Gasteiger partial charge in [-0.3, -0.25) is 5.01 Å². The van der Waals surface area contributed by atoms with Crippen molar-refractivity contribution in [1.29, 1.82) is 0 Å². The van der Waals surface area contributed by atoms with E-state index in [1.54, 1.807) is 18.3 Å². The normalized spacial score (nSPS) is 10.8. The van der Waals surface area contributed by atoms with E-state index in [4.69, 9.17) is 4.74 Å². The van der Waals surface area contributed by atoms with Gasteiger partial charge in [0.25, 0.3) is 0 Å². The second kappa shape index (κ2) is 8.72. The highest BCUT2D eigenvalue weighted by atomic mass is 16.5. The van der Waals surface area contributed by atoms with Crippen LogP contribution >= 0.6 is 0 Å². The van der Waals surface area contributed by atoms with Crippen LogP contribution in [0.4, 0.5) is 0 Å². The van der Waals surface area contributed by atoms with Crippen LogP contribution in [-0.4, -0.2) is 23.4 Å². The molecule has 0 fully saturated rings. The monoisotopic (exact) mass is 346 g/mol. The third-order valence-corrected chi connectivity index (χ3v) is 3.99. The lowest BCUT2D eigenvalue weighted by atomic mass is 10.2. The predicted octanol–water partition coefficient (Wildman–Crippen LogP) is 4.44. The number of phenolic OH excluding ortho intramolecular Hbond substituents is 1. The molecule has 26 heavy (non-hydrogen) atoms. The number of nitrogens with zero attached hydrogens (tertiary/aromatic N) is 2. The van der Waals surface area contributed by atoms with Crippen LogP contribution < -0.4 is 4.74 Å². The smallest absolute Gasteiger partial charge is 0.161 e. The Morgan fingerprint density at radius 2 is 1.46 bits per heavy atom. The zero-order valence-electron chi connectivity index (χ0n) is 14.7. The minimum absolute atomic E-state index is 0.120. The first-order valence-corrected chi connectivity index (χ1v) is 8.48. The standard InChI is InChI=1S/C22H22N2O2/c1-26-22-14-20(12-13-21(22)25)15-23-24(16-18-8-4-2-5-9-18)17-19-10-6-3-7-11-19/h2-15,25H,16-17H2,1H3. The van der Waals surface area contributed by atoms with Crippen molar-refractivity contribution in [2.24, 2.45) is 5.10 Å². The molecule has 0 atom stereocenters. The molecule has 1 N–H and O–H groups in total. The van der Waals surface area contributed by atoms with Crippen LogP contribution in [0.3, 0.4) is 0 Å². The summed E-state index contributed by atoms with van der Waals surface area (Å²) in [6.07, 6.45) is 1.79. The van der Waals surface area contributed by atoms with E-state index in [1.165, 1.54) is 18.2 Å². The quantitative estimate of drug-likeness (QED) is 0.508. The molecule has 3 rings (SSSR count). The maximum Gasteiger partial charge on any atom is 0.161 e. The summed E-state index contributed by atoms with van der Waals surface area (Å²) in [5, 5.41) is 16.4. The van der Waals surface area contributed by atoms with Crippen LogP contribution in [0.5, 0.6) is 11.5 Å². The highest BCUT2D eigenvalue weighted by molar-refractivity contribution is 5.80. The largest absolute Gasteiger partial charge is 0.504 e. The number of hydrogen-bond acceptors (Lipinski definition) is 4. The summed E-state index contributed by atoms with van der Waals surface area (Å²) in [5.74, 6) is 0.557. The Labute approximate surface area is 154 Å². The molecule has 132 valence electrons. The number of rotatable bonds is 7. The van der Waals surface area contributed by atoms with Crippen molar-refractivity contribution in [3.8, 4) is 11.5 Å². The van der Waals surface area contributed by atoms with Crippen molar-refractivity contribution in [1.82, 2.24) is 5.01 Å². The van der Waals surface area contributed by atoms with Crippen LogP contribution in [0.2, 0.25) is 0 Å². The van der Waals surface area contributed by atoms with Gasteiger partial charge in [0.1, 0.15) is 0 Å². The highest BCUT2D eigenvalue weighted by Gasteiger charge is 2.05. The fourth-order valence-electron chi connectivity index (χ4n) is 2.65. The topological polar surface area (TPSA) is 45.1 Å². The Hall–Kier alpha value is -3.27. The van der Waals surface area contributed by atoms with E-state index in [2.05, 4.69) is 29.4 Å². The van der Waals surface area contributed by atoms with Gasteiger partial charge in [0, 0.05) is 0 Å². The van der Waals surface area contributed by atoms with Gasteiger partial charge in [-0.25, -0.2) is 0 Å². The summed E-state index contributed by atoms with van der Waals surface area (Å²) < 4.78 is 5.16. The van der Waals surface area contributed by atoms with Gasteiger partial charge >= 0.3 is 0 Å². The molecule has 0 unspecified atom stereocenters. The zero-order valence-corrected chi connectivity index (χ0v) is 14.7. The van der Waals surface area contributed by atoms with Gasteiger partial charge < -0.3 is 9.84 Å². The fraction of sp³-hybridized carbons (Fsp3) is 0.136. The summed E-state index contributed by atoms with van der Waals surface area (Å²) in [6.45, 7) is 1.42. The molecule has 0 heterocycles. The molecule has 0 aliphatic heterocycles. The third-order valence-electron chi connectivity index (χ3n) is 3.99. The molecule has 0 spiro atoms.